The molecule has 1 N–H and O–H groups in total. The second kappa shape index (κ2) is 5.26. The Morgan fingerprint density at radius 2 is 2.05 bits per heavy atom. The summed E-state index contributed by atoms with van der Waals surface area (Å²) in [5, 5.41) is 9.10. The van der Waals surface area contributed by atoms with Crippen molar-refractivity contribution >= 4 is 16.0 Å². The molecule has 116 valence electrons. The highest BCUT2D eigenvalue weighted by Crippen LogP contribution is 2.31. The van der Waals surface area contributed by atoms with Gasteiger partial charge in [0, 0.05) is 19.5 Å². The van der Waals surface area contributed by atoms with Crippen LogP contribution in [0.5, 0.6) is 0 Å². The SMILES string of the molecule is CCc1ccc(S(=O)(=O)N2Cc3cccc(C(=O)O)c3C2)o1. The van der Waals surface area contributed by atoms with Gasteiger partial charge in [-0.15, -0.1) is 0 Å². The maximum atomic E-state index is 12.6. The molecule has 1 aliphatic heterocycles. The quantitative estimate of drug-likeness (QED) is 0.933. The van der Waals surface area contributed by atoms with E-state index in [1.54, 1.807) is 18.2 Å². The maximum absolute atomic E-state index is 12.6. The molecule has 0 saturated carbocycles. The number of fused-ring (bicyclic) bond motifs is 1. The van der Waals surface area contributed by atoms with Gasteiger partial charge in [0.05, 0.1) is 5.56 Å². The standard InChI is InChI=1S/C15H15NO5S/c1-2-11-6-7-14(21-11)22(19,20)16-8-10-4-3-5-12(15(17)18)13(10)9-16/h3-7H,2,8-9H2,1H3,(H,17,18). The fourth-order valence-corrected chi connectivity index (χ4v) is 3.89. The Hall–Kier alpha value is -2.12. The number of nitrogens with zero attached hydrogens (tertiary/aromatic N) is 1. The first-order valence-corrected chi connectivity index (χ1v) is 8.30. The predicted molar refractivity (Wildman–Crippen MR) is 77.9 cm³/mol. The van der Waals surface area contributed by atoms with Gasteiger partial charge in [-0.3, -0.25) is 0 Å². The number of aromatic carboxylic acids is 1. The fraction of sp³-hybridized carbons (Fsp3) is 0.267. The Bertz CT molecular complexity index is 837. The molecule has 0 radical (unpaired) electrons. The smallest absolute Gasteiger partial charge is 0.336 e. The summed E-state index contributed by atoms with van der Waals surface area (Å²) in [6, 6.07) is 7.94. The van der Waals surface area contributed by atoms with Crippen LogP contribution < -0.4 is 0 Å². The number of carbonyl (C=O) groups is 1. The molecule has 0 saturated heterocycles. The van der Waals surface area contributed by atoms with E-state index < -0.39 is 16.0 Å². The van der Waals surface area contributed by atoms with Gasteiger partial charge in [-0.05, 0) is 29.3 Å². The summed E-state index contributed by atoms with van der Waals surface area (Å²) < 4.78 is 31.8. The van der Waals surface area contributed by atoms with Gasteiger partial charge in [-0.2, -0.15) is 4.31 Å². The molecule has 0 amide bonds. The van der Waals surface area contributed by atoms with Crippen molar-refractivity contribution in [2.24, 2.45) is 0 Å². The summed E-state index contributed by atoms with van der Waals surface area (Å²) in [5.41, 5.74) is 1.40. The van der Waals surface area contributed by atoms with E-state index in [4.69, 9.17) is 4.42 Å². The molecule has 7 heteroatoms. The Morgan fingerprint density at radius 3 is 2.68 bits per heavy atom. The monoisotopic (exact) mass is 321 g/mol. The highest BCUT2D eigenvalue weighted by atomic mass is 32.2. The molecule has 0 bridgehead atoms. The van der Waals surface area contributed by atoms with Crippen LogP contribution in [-0.2, 0) is 29.5 Å². The zero-order valence-corrected chi connectivity index (χ0v) is 12.8. The summed E-state index contributed by atoms with van der Waals surface area (Å²) in [4.78, 5) is 11.2. The van der Waals surface area contributed by atoms with Crippen LogP contribution in [0.4, 0.5) is 0 Å². The van der Waals surface area contributed by atoms with Crippen molar-refractivity contribution < 1.29 is 22.7 Å². The summed E-state index contributed by atoms with van der Waals surface area (Å²) in [7, 11) is -3.76. The lowest BCUT2D eigenvalue weighted by molar-refractivity contribution is 0.0695. The van der Waals surface area contributed by atoms with Gasteiger partial charge >= 0.3 is 5.97 Å². The lowest BCUT2D eigenvalue weighted by Gasteiger charge is -2.13. The van der Waals surface area contributed by atoms with Crippen molar-refractivity contribution in [3.63, 3.8) is 0 Å². The Kier molecular flexibility index (Phi) is 3.54. The Balaban J connectivity index is 1.95. The van der Waals surface area contributed by atoms with Crippen molar-refractivity contribution in [2.75, 3.05) is 0 Å². The molecule has 0 unspecified atom stereocenters. The number of rotatable bonds is 4. The van der Waals surface area contributed by atoms with Crippen LogP contribution >= 0.6 is 0 Å². The third-order valence-corrected chi connectivity index (χ3v) is 5.43. The average molecular weight is 321 g/mol. The van der Waals surface area contributed by atoms with Crippen molar-refractivity contribution in [1.29, 1.82) is 0 Å². The first-order valence-electron chi connectivity index (χ1n) is 6.86. The van der Waals surface area contributed by atoms with Crippen LogP contribution in [0.2, 0.25) is 0 Å². The van der Waals surface area contributed by atoms with E-state index in [0.717, 1.165) is 0 Å². The van der Waals surface area contributed by atoms with Crippen molar-refractivity contribution in [3.05, 3.63) is 52.8 Å². The first-order chi connectivity index (χ1) is 10.4. The molecule has 3 rings (SSSR count). The summed E-state index contributed by atoms with van der Waals surface area (Å²) in [6.07, 6.45) is 0.610. The van der Waals surface area contributed by atoms with Crippen LogP contribution in [0.25, 0.3) is 0 Å². The molecule has 1 aromatic carbocycles. The molecule has 22 heavy (non-hydrogen) atoms. The maximum Gasteiger partial charge on any atom is 0.336 e. The van der Waals surface area contributed by atoms with Gasteiger partial charge in [-0.1, -0.05) is 19.1 Å². The average Bonchev–Trinajstić information content (AvgIpc) is 3.13. The van der Waals surface area contributed by atoms with E-state index in [1.165, 1.54) is 16.4 Å². The zero-order valence-electron chi connectivity index (χ0n) is 11.9. The van der Waals surface area contributed by atoms with Crippen LogP contribution in [0.1, 0.15) is 34.2 Å². The number of carboxylic acid groups (broad SMARTS) is 1. The largest absolute Gasteiger partial charge is 0.478 e. The van der Waals surface area contributed by atoms with Crippen LogP contribution in [0.3, 0.4) is 0 Å². The topological polar surface area (TPSA) is 87.8 Å². The lowest BCUT2D eigenvalue weighted by Crippen LogP contribution is -2.25. The normalized spacial score (nSPS) is 15.0. The third-order valence-electron chi connectivity index (χ3n) is 3.76. The van der Waals surface area contributed by atoms with Gasteiger partial charge in [0.2, 0.25) is 5.09 Å². The molecule has 2 heterocycles. The molecule has 2 aromatic rings. The van der Waals surface area contributed by atoms with Gasteiger partial charge in [0.1, 0.15) is 5.76 Å². The zero-order chi connectivity index (χ0) is 15.9. The van der Waals surface area contributed by atoms with Gasteiger partial charge in [-0.25, -0.2) is 13.2 Å². The number of furan rings is 1. The summed E-state index contributed by atoms with van der Waals surface area (Å²) in [5.74, 6) is -0.455. The number of sulfonamides is 1. The lowest BCUT2D eigenvalue weighted by atomic mass is 10.0. The van der Waals surface area contributed by atoms with E-state index in [2.05, 4.69) is 0 Å². The van der Waals surface area contributed by atoms with E-state index in [-0.39, 0.29) is 23.7 Å². The highest BCUT2D eigenvalue weighted by Gasteiger charge is 2.34. The van der Waals surface area contributed by atoms with Crippen LogP contribution in [0, 0.1) is 0 Å². The van der Waals surface area contributed by atoms with E-state index in [1.807, 2.05) is 6.92 Å². The minimum atomic E-state index is -3.76. The molecule has 6 nitrogen and oxygen atoms in total. The molecule has 0 spiro atoms. The summed E-state index contributed by atoms with van der Waals surface area (Å²) >= 11 is 0. The van der Waals surface area contributed by atoms with E-state index >= 15 is 0 Å². The molecule has 0 aliphatic carbocycles. The summed E-state index contributed by atoms with van der Waals surface area (Å²) in [6.45, 7) is 2.07. The number of hydrogen-bond acceptors (Lipinski definition) is 4. The van der Waals surface area contributed by atoms with E-state index in [9.17, 15) is 18.3 Å². The first kappa shape index (κ1) is 14.8. The number of aryl methyl sites for hydroxylation is 1. The van der Waals surface area contributed by atoms with Crippen molar-refractivity contribution in [2.45, 2.75) is 31.5 Å². The third kappa shape index (κ3) is 2.32. The van der Waals surface area contributed by atoms with Gasteiger partial charge < -0.3 is 9.52 Å². The van der Waals surface area contributed by atoms with E-state index in [0.29, 0.717) is 23.3 Å². The number of hydrogen-bond donors (Lipinski definition) is 1. The Morgan fingerprint density at radius 1 is 1.27 bits per heavy atom. The van der Waals surface area contributed by atoms with Gasteiger partial charge in [0.25, 0.3) is 10.0 Å². The van der Waals surface area contributed by atoms with Crippen molar-refractivity contribution in [1.82, 2.24) is 4.31 Å². The van der Waals surface area contributed by atoms with Gasteiger partial charge in [0.15, 0.2) is 0 Å². The molecular weight excluding hydrogens is 306 g/mol. The van der Waals surface area contributed by atoms with Crippen LogP contribution in [0.15, 0.2) is 39.8 Å². The predicted octanol–water partition coefficient (Wildman–Crippen LogP) is 2.24. The van der Waals surface area contributed by atoms with Crippen LogP contribution in [-0.4, -0.2) is 23.8 Å². The number of carboxylic acids is 1. The minimum absolute atomic E-state index is 0.0439. The second-order valence-corrected chi connectivity index (χ2v) is 6.96. The Labute approximate surface area is 128 Å². The number of benzene rings is 1. The molecule has 1 aromatic heterocycles. The fourth-order valence-electron chi connectivity index (χ4n) is 2.58. The highest BCUT2D eigenvalue weighted by molar-refractivity contribution is 7.89. The molecule has 1 aliphatic rings. The minimum Gasteiger partial charge on any atom is -0.478 e. The molecule has 0 fully saturated rings. The molecular formula is C15H15NO5S. The van der Waals surface area contributed by atoms with Crippen molar-refractivity contribution in [3.8, 4) is 0 Å². The second-order valence-electron chi connectivity index (χ2n) is 5.10. The molecule has 0 atom stereocenters.